The predicted octanol–water partition coefficient (Wildman–Crippen LogP) is 0.303. The number of aromatic nitrogens is 2. The van der Waals surface area contributed by atoms with E-state index in [0.717, 1.165) is 12.2 Å². The minimum Gasteiger partial charge on any atom is -0.394 e. The second-order valence-corrected chi connectivity index (χ2v) is 6.67. The molecule has 0 amide bonds. The molecule has 0 bridgehead atoms. The van der Waals surface area contributed by atoms with Crippen LogP contribution in [0.15, 0.2) is 33.9 Å². The Morgan fingerprint density at radius 2 is 2.17 bits per heavy atom. The van der Waals surface area contributed by atoms with Gasteiger partial charge in [-0.15, -0.1) is 0 Å². The molecule has 128 valence electrons. The molecule has 2 rings (SSSR count). The van der Waals surface area contributed by atoms with Crippen LogP contribution in [0.1, 0.15) is 26.5 Å². The van der Waals surface area contributed by atoms with Crippen LogP contribution in [0, 0.1) is 0 Å². The number of nitrogens with zero attached hydrogens (tertiary/aromatic N) is 2. The first-order chi connectivity index (χ1) is 10.9. The third-order valence-corrected chi connectivity index (χ3v) is 4.50. The van der Waals surface area contributed by atoms with Gasteiger partial charge in [0.15, 0.2) is 11.4 Å². The van der Waals surface area contributed by atoms with Crippen molar-refractivity contribution in [3.05, 3.63) is 34.3 Å². The third kappa shape index (κ3) is 4.42. The molecule has 1 aromatic rings. The maximum absolute atomic E-state index is 11.5. The molecule has 2 heterocycles. The van der Waals surface area contributed by atoms with E-state index in [4.69, 9.17) is 4.74 Å². The highest BCUT2D eigenvalue weighted by Gasteiger charge is 2.43. The number of aliphatic hydroxyl groups is 3. The first kappa shape index (κ1) is 18.2. The van der Waals surface area contributed by atoms with Crippen molar-refractivity contribution >= 4 is 11.8 Å². The summed E-state index contributed by atoms with van der Waals surface area (Å²) in [6.45, 7) is 3.63. The van der Waals surface area contributed by atoms with Crippen LogP contribution in [0.3, 0.4) is 0 Å². The number of allylic oxidation sites excluding steroid dienone is 2. The Balaban J connectivity index is 2.18. The Labute approximate surface area is 138 Å². The molecule has 8 heteroatoms. The monoisotopic (exact) mass is 342 g/mol. The van der Waals surface area contributed by atoms with Crippen molar-refractivity contribution in [1.29, 1.82) is 0 Å². The van der Waals surface area contributed by atoms with Gasteiger partial charge in [0.1, 0.15) is 18.3 Å². The highest BCUT2D eigenvalue weighted by Crippen LogP contribution is 2.31. The average molecular weight is 342 g/mol. The normalized spacial score (nSPS) is 27.2. The highest BCUT2D eigenvalue weighted by atomic mass is 32.2. The maximum atomic E-state index is 11.5. The lowest BCUT2D eigenvalue weighted by Crippen LogP contribution is -2.33. The molecule has 0 saturated carbocycles. The molecule has 1 aliphatic heterocycles. The van der Waals surface area contributed by atoms with Gasteiger partial charge in [-0.05, 0) is 20.3 Å². The Morgan fingerprint density at radius 3 is 2.78 bits per heavy atom. The number of hydrogen-bond donors (Lipinski definition) is 3. The lowest BCUT2D eigenvalue weighted by atomic mass is 10.1. The van der Waals surface area contributed by atoms with E-state index in [1.807, 2.05) is 13.8 Å². The first-order valence-electron chi connectivity index (χ1n) is 7.42. The predicted molar refractivity (Wildman–Crippen MR) is 86.3 cm³/mol. The highest BCUT2D eigenvalue weighted by molar-refractivity contribution is 7.99. The summed E-state index contributed by atoms with van der Waals surface area (Å²) in [7, 11) is 0. The minimum absolute atomic E-state index is 0.377. The quantitative estimate of drug-likeness (QED) is 0.296. The Hall–Kier alpha value is -1.19. The molecular weight excluding hydrogens is 320 g/mol. The second kappa shape index (κ2) is 8.07. The number of thioether (sulfide) groups is 1. The second-order valence-electron chi connectivity index (χ2n) is 5.60. The zero-order valence-electron chi connectivity index (χ0n) is 13.1. The smallest absolute Gasteiger partial charge is 0.273 e. The average Bonchev–Trinajstić information content (AvgIpc) is 2.79. The lowest BCUT2D eigenvalue weighted by Gasteiger charge is -2.20. The standard InChI is InChI=1S/C15H22N2O5S/c1-9(2)4-3-7-23-15-16-11(19)5-6-17(15)14-13(21)12(20)10(8-18)22-14/h4-6,10,12-14,18,20-21H,3,7-8H2,1-2H3. The van der Waals surface area contributed by atoms with E-state index in [1.165, 1.54) is 34.2 Å². The number of rotatable bonds is 6. The Bertz CT molecular complexity index is 614. The zero-order valence-corrected chi connectivity index (χ0v) is 13.9. The fraction of sp³-hybridized carbons (Fsp3) is 0.600. The summed E-state index contributed by atoms with van der Waals surface area (Å²) in [5.41, 5.74) is 0.838. The van der Waals surface area contributed by atoms with Gasteiger partial charge in [0.2, 0.25) is 0 Å². The van der Waals surface area contributed by atoms with Crippen LogP contribution in [-0.4, -0.2) is 55.5 Å². The molecule has 0 aromatic carbocycles. The van der Waals surface area contributed by atoms with Gasteiger partial charge in [0, 0.05) is 18.0 Å². The number of hydrogen-bond acceptors (Lipinski definition) is 7. The van der Waals surface area contributed by atoms with Gasteiger partial charge in [-0.1, -0.05) is 23.4 Å². The van der Waals surface area contributed by atoms with E-state index in [9.17, 15) is 20.1 Å². The van der Waals surface area contributed by atoms with E-state index in [1.54, 1.807) is 0 Å². The third-order valence-electron chi connectivity index (χ3n) is 3.50. The number of ether oxygens (including phenoxy) is 1. The largest absolute Gasteiger partial charge is 0.394 e. The van der Waals surface area contributed by atoms with Crippen LogP contribution in [0.5, 0.6) is 0 Å². The summed E-state index contributed by atoms with van der Waals surface area (Å²) in [6, 6.07) is 1.27. The van der Waals surface area contributed by atoms with Crippen molar-refractivity contribution in [1.82, 2.24) is 9.55 Å². The van der Waals surface area contributed by atoms with Crippen molar-refractivity contribution in [2.24, 2.45) is 0 Å². The molecule has 3 N–H and O–H groups in total. The van der Waals surface area contributed by atoms with E-state index in [-0.39, 0.29) is 5.56 Å². The van der Waals surface area contributed by atoms with Gasteiger partial charge in [-0.25, -0.2) is 0 Å². The summed E-state index contributed by atoms with van der Waals surface area (Å²) in [4.78, 5) is 15.5. The van der Waals surface area contributed by atoms with Crippen molar-refractivity contribution in [2.75, 3.05) is 12.4 Å². The van der Waals surface area contributed by atoms with Gasteiger partial charge >= 0.3 is 0 Å². The lowest BCUT2D eigenvalue weighted by molar-refractivity contribution is -0.0577. The van der Waals surface area contributed by atoms with E-state index < -0.39 is 31.1 Å². The topological polar surface area (TPSA) is 105 Å². The number of aliphatic hydroxyl groups excluding tert-OH is 3. The van der Waals surface area contributed by atoms with Crippen LogP contribution in [0.2, 0.25) is 0 Å². The van der Waals surface area contributed by atoms with Crippen LogP contribution in [0.4, 0.5) is 0 Å². The van der Waals surface area contributed by atoms with Crippen molar-refractivity contribution < 1.29 is 20.1 Å². The molecule has 0 spiro atoms. The van der Waals surface area contributed by atoms with Crippen LogP contribution in [-0.2, 0) is 4.74 Å². The van der Waals surface area contributed by atoms with Gasteiger partial charge in [-0.2, -0.15) is 4.98 Å². The molecule has 0 radical (unpaired) electrons. The van der Waals surface area contributed by atoms with Gasteiger partial charge < -0.3 is 20.1 Å². The van der Waals surface area contributed by atoms with Crippen molar-refractivity contribution in [3.63, 3.8) is 0 Å². The van der Waals surface area contributed by atoms with E-state index >= 15 is 0 Å². The van der Waals surface area contributed by atoms with Crippen LogP contribution >= 0.6 is 11.8 Å². The van der Waals surface area contributed by atoms with Crippen LogP contribution < -0.4 is 5.56 Å². The SMILES string of the molecule is CC(C)=CCCSc1nc(=O)ccn1C1OC(CO)C(O)C1O. The molecule has 4 unspecified atom stereocenters. The minimum atomic E-state index is -1.20. The fourth-order valence-corrected chi connectivity index (χ4v) is 3.19. The summed E-state index contributed by atoms with van der Waals surface area (Å²) >= 11 is 1.37. The molecule has 1 saturated heterocycles. The molecule has 23 heavy (non-hydrogen) atoms. The summed E-state index contributed by atoms with van der Waals surface area (Å²) < 4.78 is 7.02. The maximum Gasteiger partial charge on any atom is 0.273 e. The van der Waals surface area contributed by atoms with Gasteiger partial charge in [-0.3, -0.25) is 9.36 Å². The zero-order chi connectivity index (χ0) is 17.0. The Kier molecular flexibility index (Phi) is 6.37. The Morgan fingerprint density at radius 1 is 1.43 bits per heavy atom. The first-order valence-corrected chi connectivity index (χ1v) is 8.40. The molecular formula is C15H22N2O5S. The molecule has 1 aromatic heterocycles. The van der Waals surface area contributed by atoms with Crippen LogP contribution in [0.25, 0.3) is 0 Å². The van der Waals surface area contributed by atoms with Gasteiger partial charge in [0.05, 0.1) is 6.61 Å². The van der Waals surface area contributed by atoms with Crippen molar-refractivity contribution in [2.45, 2.75) is 50.0 Å². The molecule has 1 aliphatic rings. The summed E-state index contributed by atoms with van der Waals surface area (Å²) in [5, 5.41) is 29.6. The van der Waals surface area contributed by atoms with Gasteiger partial charge in [0.25, 0.3) is 5.56 Å². The fourth-order valence-electron chi connectivity index (χ4n) is 2.31. The molecule has 1 fully saturated rings. The molecule has 7 nitrogen and oxygen atoms in total. The van der Waals surface area contributed by atoms with E-state index in [0.29, 0.717) is 5.16 Å². The summed E-state index contributed by atoms with van der Waals surface area (Å²) in [5.74, 6) is 0.719. The van der Waals surface area contributed by atoms with Crippen molar-refractivity contribution in [3.8, 4) is 0 Å². The molecule has 0 aliphatic carbocycles. The summed E-state index contributed by atoms with van der Waals surface area (Å²) in [6.07, 6.45) is 0.262. The molecule has 4 atom stereocenters. The van der Waals surface area contributed by atoms with E-state index in [2.05, 4.69) is 11.1 Å².